The number of nitrogens with one attached hydrogen (secondary N) is 1. The summed E-state index contributed by atoms with van der Waals surface area (Å²) in [5, 5.41) is 3.11. The Bertz CT molecular complexity index is 1170. The lowest BCUT2D eigenvalue weighted by Crippen LogP contribution is -2.29. The Hall–Kier alpha value is -3.97. The molecule has 1 aliphatic rings. The first-order valence-corrected chi connectivity index (χ1v) is 9.62. The third-order valence-electron chi connectivity index (χ3n) is 4.60. The third kappa shape index (κ3) is 4.17. The summed E-state index contributed by atoms with van der Waals surface area (Å²) < 4.78 is 5.05. The van der Waals surface area contributed by atoms with E-state index in [4.69, 9.17) is 16.3 Å². The molecular weight excluding hydrogens is 420 g/mol. The van der Waals surface area contributed by atoms with E-state index < -0.39 is 30.3 Å². The Kier molecular flexibility index (Phi) is 5.51. The van der Waals surface area contributed by atoms with Gasteiger partial charge in [-0.05, 0) is 54.6 Å². The number of imide groups is 1. The highest BCUT2D eigenvalue weighted by atomic mass is 35.5. The van der Waals surface area contributed by atoms with Gasteiger partial charge in [0.1, 0.15) is 0 Å². The highest BCUT2D eigenvalue weighted by Gasteiger charge is 2.36. The van der Waals surface area contributed by atoms with Crippen molar-refractivity contribution in [3.8, 4) is 0 Å². The van der Waals surface area contributed by atoms with Crippen LogP contribution in [0.3, 0.4) is 0 Å². The summed E-state index contributed by atoms with van der Waals surface area (Å²) in [5.41, 5.74) is 1.47. The van der Waals surface area contributed by atoms with E-state index in [2.05, 4.69) is 5.32 Å². The van der Waals surface area contributed by atoms with E-state index in [-0.39, 0.29) is 11.3 Å². The normalized spacial score (nSPS) is 12.5. The van der Waals surface area contributed by atoms with Crippen molar-refractivity contribution in [3.05, 3.63) is 94.5 Å². The lowest BCUT2D eigenvalue weighted by Gasteiger charge is -2.14. The second-order valence-electron chi connectivity index (χ2n) is 6.67. The molecule has 1 N–H and O–H groups in total. The molecule has 0 saturated heterocycles. The number of hydrogen-bond acceptors (Lipinski definition) is 5. The molecule has 0 atom stereocenters. The number of benzene rings is 3. The minimum atomic E-state index is -0.760. The van der Waals surface area contributed by atoms with Crippen LogP contribution < -0.4 is 10.2 Å². The standard InChI is InChI=1S/C23H15ClN2O5/c24-15-8-10-16(11-9-15)25-20(27)13-31-23(30)14-4-3-5-17(12-14)26-21(28)18-6-1-2-7-19(18)22(26)29/h1-12H,13H2,(H,25,27). The van der Waals surface area contributed by atoms with Gasteiger partial charge in [-0.1, -0.05) is 29.8 Å². The van der Waals surface area contributed by atoms with E-state index in [0.717, 1.165) is 4.90 Å². The molecule has 0 fully saturated rings. The van der Waals surface area contributed by atoms with E-state index in [1.54, 1.807) is 54.6 Å². The van der Waals surface area contributed by atoms with E-state index >= 15 is 0 Å². The van der Waals surface area contributed by atoms with Gasteiger partial charge in [0.15, 0.2) is 6.61 Å². The smallest absolute Gasteiger partial charge is 0.338 e. The number of amides is 3. The second-order valence-corrected chi connectivity index (χ2v) is 7.11. The number of carbonyl (C=O) groups excluding carboxylic acids is 4. The van der Waals surface area contributed by atoms with Gasteiger partial charge in [0.25, 0.3) is 17.7 Å². The van der Waals surface area contributed by atoms with Crippen molar-refractivity contribution in [1.29, 1.82) is 0 Å². The van der Waals surface area contributed by atoms with Crippen molar-refractivity contribution in [1.82, 2.24) is 0 Å². The molecule has 0 aromatic heterocycles. The molecule has 3 amide bonds. The first kappa shape index (κ1) is 20.3. The molecule has 0 spiro atoms. The molecule has 31 heavy (non-hydrogen) atoms. The van der Waals surface area contributed by atoms with Gasteiger partial charge >= 0.3 is 5.97 Å². The number of halogens is 1. The summed E-state index contributed by atoms with van der Waals surface area (Å²) in [6, 6.07) is 18.9. The first-order valence-electron chi connectivity index (χ1n) is 9.24. The van der Waals surface area contributed by atoms with Gasteiger partial charge in [-0.15, -0.1) is 0 Å². The van der Waals surface area contributed by atoms with Crippen LogP contribution in [0.25, 0.3) is 0 Å². The fourth-order valence-corrected chi connectivity index (χ4v) is 3.27. The molecule has 0 radical (unpaired) electrons. The van der Waals surface area contributed by atoms with Gasteiger partial charge in [0, 0.05) is 10.7 Å². The lowest BCUT2D eigenvalue weighted by molar-refractivity contribution is -0.119. The predicted molar refractivity (Wildman–Crippen MR) is 114 cm³/mol. The Morgan fingerprint density at radius 3 is 2.16 bits per heavy atom. The quantitative estimate of drug-likeness (QED) is 0.485. The van der Waals surface area contributed by atoms with Gasteiger partial charge < -0.3 is 10.1 Å². The zero-order valence-electron chi connectivity index (χ0n) is 16.0. The van der Waals surface area contributed by atoms with Crippen LogP contribution in [0.4, 0.5) is 11.4 Å². The maximum absolute atomic E-state index is 12.6. The largest absolute Gasteiger partial charge is 0.452 e. The monoisotopic (exact) mass is 434 g/mol. The van der Waals surface area contributed by atoms with E-state index in [1.807, 2.05) is 0 Å². The SMILES string of the molecule is O=C(COC(=O)c1cccc(N2C(=O)c3ccccc3C2=O)c1)Nc1ccc(Cl)cc1. The van der Waals surface area contributed by atoms with Crippen LogP contribution in [0.5, 0.6) is 0 Å². The maximum atomic E-state index is 12.6. The van der Waals surface area contributed by atoms with Crippen molar-refractivity contribution >= 4 is 46.7 Å². The molecule has 7 nitrogen and oxygen atoms in total. The summed E-state index contributed by atoms with van der Waals surface area (Å²) in [6.45, 7) is -0.501. The van der Waals surface area contributed by atoms with Crippen LogP contribution >= 0.6 is 11.6 Å². The number of carbonyl (C=O) groups is 4. The Morgan fingerprint density at radius 1 is 0.871 bits per heavy atom. The van der Waals surface area contributed by atoms with Crippen LogP contribution in [-0.2, 0) is 9.53 Å². The molecule has 1 aliphatic heterocycles. The van der Waals surface area contributed by atoms with Gasteiger partial charge in [-0.3, -0.25) is 14.4 Å². The van der Waals surface area contributed by atoms with Crippen LogP contribution in [-0.4, -0.2) is 30.3 Å². The Morgan fingerprint density at radius 2 is 1.52 bits per heavy atom. The summed E-state index contributed by atoms with van der Waals surface area (Å²) >= 11 is 5.80. The lowest BCUT2D eigenvalue weighted by atomic mass is 10.1. The third-order valence-corrected chi connectivity index (χ3v) is 4.85. The van der Waals surface area contributed by atoms with Crippen LogP contribution in [0.1, 0.15) is 31.1 Å². The summed E-state index contributed by atoms with van der Waals surface area (Å²) in [6.07, 6.45) is 0. The molecule has 3 aromatic carbocycles. The molecule has 0 bridgehead atoms. The van der Waals surface area contributed by atoms with Gasteiger partial charge in [-0.25, -0.2) is 9.69 Å². The summed E-state index contributed by atoms with van der Waals surface area (Å²) in [5.74, 6) is -2.21. The summed E-state index contributed by atoms with van der Waals surface area (Å²) in [7, 11) is 0. The van der Waals surface area contributed by atoms with Crippen LogP contribution in [0.2, 0.25) is 5.02 Å². The number of nitrogens with zero attached hydrogens (tertiary/aromatic N) is 1. The maximum Gasteiger partial charge on any atom is 0.338 e. The van der Waals surface area contributed by atoms with Gasteiger partial charge in [0.2, 0.25) is 0 Å². The Balaban J connectivity index is 1.43. The topological polar surface area (TPSA) is 92.8 Å². The molecule has 3 aromatic rings. The van der Waals surface area contributed by atoms with Crippen molar-refractivity contribution in [3.63, 3.8) is 0 Å². The molecular formula is C23H15ClN2O5. The average molecular weight is 435 g/mol. The van der Waals surface area contributed by atoms with Gasteiger partial charge in [0.05, 0.1) is 22.4 Å². The molecule has 0 saturated carbocycles. The summed E-state index contributed by atoms with van der Waals surface area (Å²) in [4.78, 5) is 50.6. The molecule has 0 aliphatic carbocycles. The minimum absolute atomic E-state index is 0.105. The number of anilines is 2. The number of ether oxygens (including phenoxy) is 1. The minimum Gasteiger partial charge on any atom is -0.452 e. The first-order chi connectivity index (χ1) is 14.9. The van der Waals surface area contributed by atoms with Crippen molar-refractivity contribution in [2.75, 3.05) is 16.8 Å². The number of hydrogen-bond donors (Lipinski definition) is 1. The molecule has 4 rings (SSSR count). The van der Waals surface area contributed by atoms with E-state index in [0.29, 0.717) is 21.8 Å². The van der Waals surface area contributed by atoms with Crippen molar-refractivity contribution < 1.29 is 23.9 Å². The molecule has 154 valence electrons. The van der Waals surface area contributed by atoms with Crippen LogP contribution in [0, 0.1) is 0 Å². The highest BCUT2D eigenvalue weighted by molar-refractivity contribution is 6.34. The number of esters is 1. The fraction of sp³-hybridized carbons (Fsp3) is 0.0435. The highest BCUT2D eigenvalue weighted by Crippen LogP contribution is 2.28. The zero-order chi connectivity index (χ0) is 22.0. The molecule has 1 heterocycles. The van der Waals surface area contributed by atoms with Crippen LogP contribution in [0.15, 0.2) is 72.8 Å². The zero-order valence-corrected chi connectivity index (χ0v) is 16.8. The second kappa shape index (κ2) is 8.41. The van der Waals surface area contributed by atoms with Gasteiger partial charge in [-0.2, -0.15) is 0 Å². The fourth-order valence-electron chi connectivity index (χ4n) is 3.14. The van der Waals surface area contributed by atoms with E-state index in [1.165, 1.54) is 18.2 Å². The van der Waals surface area contributed by atoms with Crippen molar-refractivity contribution in [2.45, 2.75) is 0 Å². The molecule has 8 heteroatoms. The average Bonchev–Trinajstić information content (AvgIpc) is 3.04. The van der Waals surface area contributed by atoms with E-state index in [9.17, 15) is 19.2 Å². The predicted octanol–water partition coefficient (Wildman–Crippen LogP) is 3.94. The number of fused-ring (bicyclic) bond motifs is 1. The Labute approximate surface area is 182 Å². The van der Waals surface area contributed by atoms with Crippen molar-refractivity contribution in [2.24, 2.45) is 0 Å². The number of rotatable bonds is 5. The molecule has 0 unspecified atom stereocenters.